The summed E-state index contributed by atoms with van der Waals surface area (Å²) in [7, 11) is -3.42. The number of aryl methyl sites for hydroxylation is 1. The molecule has 0 spiro atoms. The first-order valence-electron chi connectivity index (χ1n) is 6.58. The van der Waals surface area contributed by atoms with E-state index in [1.807, 2.05) is 6.92 Å². The number of nitrogens with one attached hydrogen (secondary N) is 1. The van der Waals surface area contributed by atoms with Crippen LogP contribution in [0.15, 0.2) is 23.1 Å². The Morgan fingerprint density at radius 1 is 1.33 bits per heavy atom. The summed E-state index contributed by atoms with van der Waals surface area (Å²) in [6.07, 6.45) is 2.39. The SMILES string of the molecule is CCc1ccc(S(C)(=O)=O)cc1C(=O)NC1(C(=O)O)CC1. The van der Waals surface area contributed by atoms with E-state index in [0.29, 0.717) is 24.8 Å². The zero-order chi connectivity index (χ0) is 15.8. The number of sulfone groups is 1. The van der Waals surface area contributed by atoms with Gasteiger partial charge in [0.15, 0.2) is 9.84 Å². The minimum atomic E-state index is -3.42. The van der Waals surface area contributed by atoms with Crippen LogP contribution in [-0.2, 0) is 21.1 Å². The van der Waals surface area contributed by atoms with Crippen molar-refractivity contribution in [2.75, 3.05) is 6.26 Å². The van der Waals surface area contributed by atoms with Crippen LogP contribution in [-0.4, -0.2) is 37.2 Å². The molecule has 0 aliphatic heterocycles. The van der Waals surface area contributed by atoms with Gasteiger partial charge in [0, 0.05) is 11.8 Å². The first-order chi connectivity index (χ1) is 9.69. The van der Waals surface area contributed by atoms with Gasteiger partial charge in [-0.1, -0.05) is 13.0 Å². The van der Waals surface area contributed by atoms with Crippen LogP contribution in [0.5, 0.6) is 0 Å². The van der Waals surface area contributed by atoms with E-state index in [-0.39, 0.29) is 10.5 Å². The molecule has 2 N–H and O–H groups in total. The summed E-state index contributed by atoms with van der Waals surface area (Å²) in [6, 6.07) is 4.35. The minimum Gasteiger partial charge on any atom is -0.480 e. The van der Waals surface area contributed by atoms with Gasteiger partial charge in [-0.15, -0.1) is 0 Å². The molecule has 1 aromatic carbocycles. The fourth-order valence-corrected chi connectivity index (χ4v) is 2.76. The molecule has 1 amide bonds. The number of amides is 1. The highest BCUT2D eigenvalue weighted by Gasteiger charge is 2.51. The lowest BCUT2D eigenvalue weighted by Gasteiger charge is -2.15. The largest absolute Gasteiger partial charge is 0.480 e. The van der Waals surface area contributed by atoms with Crippen LogP contribution in [0, 0.1) is 0 Å². The molecule has 0 aromatic heterocycles. The third kappa shape index (κ3) is 3.07. The lowest BCUT2D eigenvalue weighted by atomic mass is 10.0. The second-order valence-corrected chi connectivity index (χ2v) is 7.30. The van der Waals surface area contributed by atoms with Gasteiger partial charge in [0.1, 0.15) is 5.54 Å². The number of carboxylic acids is 1. The molecular weight excluding hydrogens is 294 g/mol. The smallest absolute Gasteiger partial charge is 0.329 e. The molecule has 0 unspecified atom stereocenters. The summed E-state index contributed by atoms with van der Waals surface area (Å²) in [4.78, 5) is 23.5. The van der Waals surface area contributed by atoms with Gasteiger partial charge in [0.25, 0.3) is 5.91 Å². The third-order valence-electron chi connectivity index (χ3n) is 3.65. The van der Waals surface area contributed by atoms with Crippen LogP contribution < -0.4 is 5.32 Å². The molecule has 0 atom stereocenters. The molecule has 0 radical (unpaired) electrons. The second-order valence-electron chi connectivity index (χ2n) is 5.29. The number of carbonyl (C=O) groups excluding carboxylic acids is 1. The van der Waals surface area contributed by atoms with Crippen molar-refractivity contribution in [3.8, 4) is 0 Å². The van der Waals surface area contributed by atoms with E-state index in [4.69, 9.17) is 5.11 Å². The topological polar surface area (TPSA) is 101 Å². The Morgan fingerprint density at radius 3 is 2.38 bits per heavy atom. The van der Waals surface area contributed by atoms with Crippen molar-refractivity contribution in [2.24, 2.45) is 0 Å². The van der Waals surface area contributed by atoms with E-state index < -0.39 is 27.3 Å². The van der Waals surface area contributed by atoms with Gasteiger partial charge in [-0.3, -0.25) is 4.79 Å². The third-order valence-corrected chi connectivity index (χ3v) is 4.76. The fraction of sp³-hybridized carbons (Fsp3) is 0.429. The average molecular weight is 311 g/mol. The molecule has 0 saturated heterocycles. The summed E-state index contributed by atoms with van der Waals surface area (Å²) in [5.74, 6) is -1.61. The van der Waals surface area contributed by atoms with E-state index in [1.165, 1.54) is 12.1 Å². The first kappa shape index (κ1) is 15.5. The van der Waals surface area contributed by atoms with E-state index in [1.54, 1.807) is 6.07 Å². The predicted molar refractivity (Wildman–Crippen MR) is 76.0 cm³/mol. The Kier molecular flexibility index (Phi) is 3.79. The van der Waals surface area contributed by atoms with Gasteiger partial charge < -0.3 is 10.4 Å². The summed E-state index contributed by atoms with van der Waals surface area (Å²) >= 11 is 0. The summed E-state index contributed by atoms with van der Waals surface area (Å²) < 4.78 is 23.2. The lowest BCUT2D eigenvalue weighted by molar-refractivity contribution is -0.140. The van der Waals surface area contributed by atoms with Crippen molar-refractivity contribution in [3.63, 3.8) is 0 Å². The number of aliphatic carboxylic acids is 1. The van der Waals surface area contributed by atoms with Gasteiger partial charge in [-0.25, -0.2) is 13.2 Å². The molecule has 1 aliphatic rings. The van der Waals surface area contributed by atoms with Crippen LogP contribution in [0.1, 0.15) is 35.7 Å². The minimum absolute atomic E-state index is 0.0463. The summed E-state index contributed by atoms with van der Waals surface area (Å²) in [5.41, 5.74) is -0.294. The van der Waals surface area contributed by atoms with Crippen LogP contribution in [0.2, 0.25) is 0 Å². The Hall–Kier alpha value is -1.89. The Labute approximate surface area is 123 Å². The summed E-state index contributed by atoms with van der Waals surface area (Å²) in [5, 5.41) is 11.6. The van der Waals surface area contributed by atoms with Crippen molar-refractivity contribution >= 4 is 21.7 Å². The molecule has 7 heteroatoms. The molecule has 1 saturated carbocycles. The Bertz CT molecular complexity index is 704. The van der Waals surface area contributed by atoms with Crippen molar-refractivity contribution < 1.29 is 23.1 Å². The highest BCUT2D eigenvalue weighted by atomic mass is 32.2. The molecule has 1 aromatic rings. The number of carbonyl (C=O) groups is 2. The maximum Gasteiger partial charge on any atom is 0.329 e. The maximum atomic E-state index is 12.3. The number of carboxylic acid groups (broad SMARTS) is 1. The van der Waals surface area contributed by atoms with Crippen LogP contribution in [0.4, 0.5) is 0 Å². The number of benzene rings is 1. The van der Waals surface area contributed by atoms with Crippen molar-refractivity contribution in [2.45, 2.75) is 36.6 Å². The molecule has 0 bridgehead atoms. The molecule has 1 aliphatic carbocycles. The monoisotopic (exact) mass is 311 g/mol. The van der Waals surface area contributed by atoms with Crippen LogP contribution in [0.3, 0.4) is 0 Å². The molecule has 21 heavy (non-hydrogen) atoms. The Balaban J connectivity index is 2.37. The summed E-state index contributed by atoms with van der Waals surface area (Å²) in [6.45, 7) is 1.84. The van der Waals surface area contributed by atoms with E-state index in [9.17, 15) is 18.0 Å². The Morgan fingerprint density at radius 2 is 1.95 bits per heavy atom. The zero-order valence-corrected chi connectivity index (χ0v) is 12.7. The van der Waals surface area contributed by atoms with E-state index >= 15 is 0 Å². The lowest BCUT2D eigenvalue weighted by Crippen LogP contribution is -2.43. The molecular formula is C14H17NO5S. The van der Waals surface area contributed by atoms with Crippen LogP contribution in [0.25, 0.3) is 0 Å². The molecule has 0 heterocycles. The highest BCUT2D eigenvalue weighted by Crippen LogP contribution is 2.36. The van der Waals surface area contributed by atoms with Crippen molar-refractivity contribution in [3.05, 3.63) is 29.3 Å². The van der Waals surface area contributed by atoms with Crippen molar-refractivity contribution in [1.29, 1.82) is 0 Å². The van der Waals surface area contributed by atoms with E-state index in [2.05, 4.69) is 5.32 Å². The maximum absolute atomic E-state index is 12.3. The predicted octanol–water partition coefficient (Wildman–Crippen LogP) is 0.999. The number of rotatable bonds is 5. The first-order valence-corrected chi connectivity index (χ1v) is 8.47. The quantitative estimate of drug-likeness (QED) is 0.845. The van der Waals surface area contributed by atoms with Gasteiger partial charge in [-0.05, 0) is 37.0 Å². The zero-order valence-electron chi connectivity index (χ0n) is 11.8. The van der Waals surface area contributed by atoms with Gasteiger partial charge in [0.05, 0.1) is 4.90 Å². The van der Waals surface area contributed by atoms with E-state index in [0.717, 1.165) is 6.26 Å². The average Bonchev–Trinajstić information content (AvgIpc) is 3.17. The van der Waals surface area contributed by atoms with Gasteiger partial charge >= 0.3 is 5.97 Å². The van der Waals surface area contributed by atoms with Crippen molar-refractivity contribution in [1.82, 2.24) is 5.32 Å². The second kappa shape index (κ2) is 5.14. The molecule has 2 rings (SSSR count). The van der Waals surface area contributed by atoms with Gasteiger partial charge in [0.2, 0.25) is 0 Å². The van der Waals surface area contributed by atoms with Gasteiger partial charge in [-0.2, -0.15) is 0 Å². The normalized spacial score (nSPS) is 16.3. The standard InChI is InChI=1S/C14H17NO5S/c1-3-9-4-5-10(21(2,19)20)8-11(9)12(16)15-14(6-7-14)13(17)18/h4-5,8H,3,6-7H2,1-2H3,(H,15,16)(H,17,18). The molecule has 114 valence electrons. The molecule has 1 fully saturated rings. The number of hydrogen-bond acceptors (Lipinski definition) is 4. The fourth-order valence-electron chi connectivity index (χ4n) is 2.11. The van der Waals surface area contributed by atoms with Crippen LogP contribution >= 0.6 is 0 Å². The highest BCUT2D eigenvalue weighted by molar-refractivity contribution is 7.90. The number of hydrogen-bond donors (Lipinski definition) is 2. The molecule has 6 nitrogen and oxygen atoms in total.